The molecule has 1 saturated carbocycles. The van der Waals surface area contributed by atoms with Crippen molar-refractivity contribution in [2.24, 2.45) is 9.98 Å². The summed E-state index contributed by atoms with van der Waals surface area (Å²) < 4.78 is 5.49. The van der Waals surface area contributed by atoms with Crippen LogP contribution in [-0.2, 0) is 35.3 Å². The standard InChI is InChI=1S/C45H31N3O9/c1-23-8-11-28(18-35(23)47-22-50)38-42(53)37(27-13-15-34(46-21-49)25(3)16-27)43(54)39(44(38)55)29-12-9-24(2)36(19-29)48-45(56)57-20-26-10-14-32-33(17-26)41(52)31-7-5-4-6-30(31)40(32)51/h4-19,37-39H,20H2,1-3H3,(H,48,56). The normalized spacial score (nSPS) is 17.2. The number of ketones is 5. The number of Topliss-reactive ketones (excluding diaryl/α,β-unsaturated/α-hetero) is 3. The molecular weight excluding hydrogens is 727 g/mol. The van der Waals surface area contributed by atoms with Crippen LogP contribution >= 0.6 is 0 Å². The predicted molar refractivity (Wildman–Crippen MR) is 206 cm³/mol. The molecular formula is C45H31N3O9. The molecule has 5 aromatic carbocycles. The van der Waals surface area contributed by atoms with Gasteiger partial charge in [-0.1, -0.05) is 66.7 Å². The molecule has 0 heterocycles. The zero-order valence-corrected chi connectivity index (χ0v) is 30.7. The average molecular weight is 758 g/mol. The fraction of sp³-hybridized carbons (Fsp3) is 0.156. The molecule has 2 aliphatic rings. The molecule has 0 aromatic heterocycles. The lowest BCUT2D eigenvalue weighted by Crippen LogP contribution is -2.44. The van der Waals surface area contributed by atoms with Gasteiger partial charge in [0, 0.05) is 27.9 Å². The van der Waals surface area contributed by atoms with Crippen LogP contribution in [0.3, 0.4) is 0 Å². The number of fused-ring (bicyclic) bond motifs is 2. The number of isocyanates is 2. The van der Waals surface area contributed by atoms with Crippen LogP contribution < -0.4 is 5.32 Å². The molecule has 0 saturated heterocycles. The molecule has 1 fully saturated rings. The van der Waals surface area contributed by atoms with Gasteiger partial charge in [0.25, 0.3) is 0 Å². The molecule has 0 spiro atoms. The van der Waals surface area contributed by atoms with Gasteiger partial charge >= 0.3 is 6.09 Å². The van der Waals surface area contributed by atoms with E-state index in [1.54, 1.807) is 81.4 Å². The highest BCUT2D eigenvalue weighted by Gasteiger charge is 2.51. The Balaban J connectivity index is 1.18. The smallest absolute Gasteiger partial charge is 0.411 e. The van der Waals surface area contributed by atoms with Gasteiger partial charge in [0.15, 0.2) is 28.9 Å². The number of aliphatic imine (C=N–C) groups is 2. The Kier molecular flexibility index (Phi) is 10.2. The van der Waals surface area contributed by atoms with E-state index >= 15 is 0 Å². The molecule has 1 amide bonds. The first kappa shape index (κ1) is 37.8. The number of amides is 1. The maximum atomic E-state index is 14.4. The number of aryl methyl sites for hydroxylation is 3. The van der Waals surface area contributed by atoms with Crippen LogP contribution in [0.5, 0.6) is 0 Å². The molecule has 5 aromatic rings. The Morgan fingerprint density at radius 3 is 1.72 bits per heavy atom. The second kappa shape index (κ2) is 15.3. The van der Waals surface area contributed by atoms with E-state index in [2.05, 4.69) is 15.3 Å². The van der Waals surface area contributed by atoms with Gasteiger partial charge in [0.2, 0.25) is 12.2 Å². The van der Waals surface area contributed by atoms with Crippen LogP contribution in [0.4, 0.5) is 21.9 Å². The summed E-state index contributed by atoms with van der Waals surface area (Å²) in [5, 5.41) is 2.67. The predicted octanol–water partition coefficient (Wildman–Crippen LogP) is 7.44. The van der Waals surface area contributed by atoms with Gasteiger partial charge in [-0.2, -0.15) is 9.98 Å². The molecule has 280 valence electrons. The number of anilines is 1. The maximum absolute atomic E-state index is 14.4. The number of rotatable bonds is 8. The fourth-order valence-corrected chi connectivity index (χ4v) is 7.40. The highest BCUT2D eigenvalue weighted by atomic mass is 16.5. The second-order valence-corrected chi connectivity index (χ2v) is 13.9. The van der Waals surface area contributed by atoms with Crippen LogP contribution in [-0.4, -0.2) is 47.2 Å². The number of nitrogens with one attached hydrogen (secondary N) is 1. The second-order valence-electron chi connectivity index (χ2n) is 13.9. The third-order valence-electron chi connectivity index (χ3n) is 10.4. The number of nitrogens with zero attached hydrogens (tertiary/aromatic N) is 2. The summed E-state index contributed by atoms with van der Waals surface area (Å²) in [6.45, 7) is 4.82. The molecule has 0 aliphatic heterocycles. The van der Waals surface area contributed by atoms with Crippen LogP contribution in [0.1, 0.15) is 88.5 Å². The zero-order chi connectivity index (χ0) is 40.5. The SMILES string of the molecule is Cc1cc(C2C(=O)C(c3ccc(C)c(N=C=O)c3)C(=O)C(c3ccc(C)c(NC(=O)OCc4ccc5c(c4)C(=O)c4ccccc4C5=O)c3)C2=O)ccc1N=C=O. The Labute approximate surface area is 325 Å². The minimum absolute atomic E-state index is 0.208. The number of carbonyl (C=O) groups excluding carboxylic acids is 8. The summed E-state index contributed by atoms with van der Waals surface area (Å²) in [6, 6.07) is 25.1. The van der Waals surface area contributed by atoms with Crippen molar-refractivity contribution in [3.63, 3.8) is 0 Å². The van der Waals surface area contributed by atoms with Crippen LogP contribution in [0.15, 0.2) is 107 Å². The summed E-state index contributed by atoms with van der Waals surface area (Å²) in [4.78, 5) is 112. The van der Waals surface area contributed by atoms with Gasteiger partial charge in [-0.05, 0) is 90.0 Å². The lowest BCUT2D eigenvalue weighted by Gasteiger charge is -2.33. The Hall–Kier alpha value is -7.52. The number of hydrogen-bond acceptors (Lipinski definition) is 11. The van der Waals surface area contributed by atoms with Gasteiger partial charge < -0.3 is 4.74 Å². The van der Waals surface area contributed by atoms with Crippen molar-refractivity contribution in [1.29, 1.82) is 0 Å². The highest BCUT2D eigenvalue weighted by Crippen LogP contribution is 2.43. The number of ether oxygens (including phenoxy) is 1. The molecule has 0 bridgehead atoms. The Morgan fingerprint density at radius 2 is 1.11 bits per heavy atom. The summed E-state index contributed by atoms with van der Waals surface area (Å²) in [7, 11) is 0. The molecule has 3 atom stereocenters. The minimum atomic E-state index is -1.46. The van der Waals surface area contributed by atoms with E-state index in [1.165, 1.54) is 48.6 Å². The maximum Gasteiger partial charge on any atom is 0.411 e. The third kappa shape index (κ3) is 6.98. The summed E-state index contributed by atoms with van der Waals surface area (Å²) in [5.41, 5.74) is 4.71. The summed E-state index contributed by atoms with van der Waals surface area (Å²) in [5.74, 6) is -6.94. The van der Waals surface area contributed by atoms with Crippen molar-refractivity contribution in [2.75, 3.05) is 5.32 Å². The van der Waals surface area contributed by atoms with E-state index in [0.29, 0.717) is 44.6 Å². The highest BCUT2D eigenvalue weighted by molar-refractivity contribution is 6.32. The lowest BCUT2D eigenvalue weighted by atomic mass is 9.66. The quantitative estimate of drug-likeness (QED) is 0.0937. The van der Waals surface area contributed by atoms with Crippen molar-refractivity contribution >= 4 is 64.2 Å². The Morgan fingerprint density at radius 1 is 0.579 bits per heavy atom. The Bertz CT molecular complexity index is 2700. The molecule has 2 aliphatic carbocycles. The first-order chi connectivity index (χ1) is 27.4. The lowest BCUT2D eigenvalue weighted by molar-refractivity contribution is -0.141. The van der Waals surface area contributed by atoms with Crippen LogP contribution in [0, 0.1) is 20.8 Å². The van der Waals surface area contributed by atoms with E-state index in [1.807, 2.05) is 0 Å². The molecule has 12 heteroatoms. The van der Waals surface area contributed by atoms with E-state index in [-0.39, 0.29) is 51.8 Å². The first-order valence-corrected chi connectivity index (χ1v) is 17.8. The summed E-state index contributed by atoms with van der Waals surface area (Å²) in [6.07, 6.45) is 2.09. The van der Waals surface area contributed by atoms with Crippen LogP contribution in [0.2, 0.25) is 0 Å². The van der Waals surface area contributed by atoms with Crippen molar-refractivity contribution in [3.05, 3.63) is 158 Å². The van der Waals surface area contributed by atoms with E-state index in [9.17, 15) is 38.4 Å². The van der Waals surface area contributed by atoms with Gasteiger partial charge in [0.1, 0.15) is 24.4 Å². The van der Waals surface area contributed by atoms with Gasteiger partial charge in [-0.15, -0.1) is 0 Å². The number of carbonyl (C=O) groups is 6. The van der Waals surface area contributed by atoms with Gasteiger partial charge in [-0.25, -0.2) is 14.4 Å². The molecule has 57 heavy (non-hydrogen) atoms. The first-order valence-electron chi connectivity index (χ1n) is 17.8. The third-order valence-corrected chi connectivity index (χ3v) is 10.4. The minimum Gasteiger partial charge on any atom is -0.444 e. The number of benzene rings is 5. The van der Waals surface area contributed by atoms with E-state index in [0.717, 1.165) is 0 Å². The van der Waals surface area contributed by atoms with Crippen molar-refractivity contribution < 1.29 is 43.1 Å². The van der Waals surface area contributed by atoms with E-state index in [4.69, 9.17) is 4.74 Å². The van der Waals surface area contributed by atoms with Gasteiger partial charge in [-0.3, -0.25) is 29.3 Å². The molecule has 12 nitrogen and oxygen atoms in total. The molecule has 0 radical (unpaired) electrons. The topological polar surface area (TPSA) is 183 Å². The van der Waals surface area contributed by atoms with Gasteiger partial charge in [0.05, 0.1) is 11.4 Å². The fourth-order valence-electron chi connectivity index (χ4n) is 7.40. The van der Waals surface area contributed by atoms with Crippen LogP contribution in [0.25, 0.3) is 0 Å². The largest absolute Gasteiger partial charge is 0.444 e. The summed E-state index contributed by atoms with van der Waals surface area (Å²) >= 11 is 0. The van der Waals surface area contributed by atoms with Crippen molar-refractivity contribution in [3.8, 4) is 0 Å². The molecule has 1 N–H and O–H groups in total. The average Bonchev–Trinajstić information content (AvgIpc) is 3.19. The molecule has 7 rings (SSSR count). The monoisotopic (exact) mass is 757 g/mol. The van der Waals surface area contributed by atoms with E-state index < -0.39 is 41.2 Å². The van der Waals surface area contributed by atoms with Crippen molar-refractivity contribution in [1.82, 2.24) is 0 Å². The number of hydrogen-bond donors (Lipinski definition) is 1. The van der Waals surface area contributed by atoms with Crippen molar-refractivity contribution in [2.45, 2.75) is 45.1 Å². The zero-order valence-electron chi connectivity index (χ0n) is 30.7. The molecule has 3 unspecified atom stereocenters.